The summed E-state index contributed by atoms with van der Waals surface area (Å²) in [6.07, 6.45) is 2.57. The highest BCUT2D eigenvalue weighted by Gasteiger charge is 2.35. The lowest BCUT2D eigenvalue weighted by molar-refractivity contribution is -0.127. The van der Waals surface area contributed by atoms with Crippen molar-refractivity contribution in [3.05, 3.63) is 88.4 Å². The monoisotopic (exact) mass is 456 g/mol. The van der Waals surface area contributed by atoms with E-state index in [0.29, 0.717) is 5.69 Å². The van der Waals surface area contributed by atoms with Crippen LogP contribution in [-0.2, 0) is 16.0 Å². The Morgan fingerprint density at radius 1 is 1.03 bits per heavy atom. The van der Waals surface area contributed by atoms with Crippen molar-refractivity contribution in [3.8, 4) is 5.69 Å². The second-order valence-electron chi connectivity index (χ2n) is 8.39. The summed E-state index contributed by atoms with van der Waals surface area (Å²) in [5.74, 6) is -0.961. The second-order valence-corrected chi connectivity index (χ2v) is 8.39. The molecule has 2 aromatic carbocycles. The molecule has 2 N–H and O–H groups in total. The normalized spacial score (nSPS) is 14.6. The van der Waals surface area contributed by atoms with Crippen LogP contribution in [0.15, 0.2) is 60.3 Å². The number of hydrogen-bond acceptors (Lipinski definition) is 3. The number of urea groups is 1. The van der Waals surface area contributed by atoms with Crippen LogP contribution in [0.2, 0.25) is 0 Å². The molecule has 1 saturated heterocycles. The van der Waals surface area contributed by atoms with Crippen LogP contribution in [0, 0.1) is 20.8 Å². The summed E-state index contributed by atoms with van der Waals surface area (Å²) in [7, 11) is 0. The first-order chi connectivity index (χ1) is 16.3. The van der Waals surface area contributed by atoms with E-state index < -0.39 is 17.8 Å². The fourth-order valence-corrected chi connectivity index (χ4v) is 4.25. The number of nitrogens with one attached hydrogen (secondary N) is 2. The van der Waals surface area contributed by atoms with Crippen LogP contribution in [0.25, 0.3) is 11.8 Å². The van der Waals surface area contributed by atoms with Gasteiger partial charge in [0.2, 0.25) is 5.91 Å². The molecule has 0 radical (unpaired) electrons. The van der Waals surface area contributed by atoms with E-state index in [-0.39, 0.29) is 12.2 Å². The predicted octanol–water partition coefficient (Wildman–Crippen LogP) is 4.50. The van der Waals surface area contributed by atoms with Gasteiger partial charge in [-0.1, -0.05) is 43.3 Å². The molecule has 0 atom stereocenters. The molecule has 0 aliphatic carbocycles. The minimum Gasteiger partial charge on any atom is -0.324 e. The molecule has 3 aromatic rings. The molecular formula is C27H28N4O3. The molecule has 174 valence electrons. The van der Waals surface area contributed by atoms with Crippen LogP contribution >= 0.6 is 0 Å². The van der Waals surface area contributed by atoms with Crippen molar-refractivity contribution in [3.63, 3.8) is 0 Å². The van der Waals surface area contributed by atoms with Crippen molar-refractivity contribution in [2.75, 3.05) is 11.9 Å². The Bertz CT molecular complexity index is 1320. The molecule has 0 spiro atoms. The average molecular weight is 457 g/mol. The molecule has 4 rings (SSSR count). The summed E-state index contributed by atoms with van der Waals surface area (Å²) < 4.78 is 2.15. The number of carbonyl (C=O) groups is 3. The number of imide groups is 1. The zero-order valence-electron chi connectivity index (χ0n) is 19.8. The summed E-state index contributed by atoms with van der Waals surface area (Å²) in [4.78, 5) is 38.8. The summed E-state index contributed by atoms with van der Waals surface area (Å²) >= 11 is 0. The van der Waals surface area contributed by atoms with Gasteiger partial charge in [-0.3, -0.25) is 9.59 Å². The molecule has 0 unspecified atom stereocenters. The fourth-order valence-electron chi connectivity index (χ4n) is 4.25. The van der Waals surface area contributed by atoms with E-state index in [2.05, 4.69) is 34.3 Å². The van der Waals surface area contributed by atoms with Gasteiger partial charge in [-0.2, -0.15) is 0 Å². The maximum absolute atomic E-state index is 12.9. The van der Waals surface area contributed by atoms with Gasteiger partial charge in [-0.25, -0.2) is 9.69 Å². The summed E-state index contributed by atoms with van der Waals surface area (Å²) in [6, 6.07) is 16.9. The van der Waals surface area contributed by atoms with Gasteiger partial charge in [0.25, 0.3) is 5.91 Å². The number of benzene rings is 2. The van der Waals surface area contributed by atoms with Crippen molar-refractivity contribution in [1.82, 2.24) is 14.8 Å². The Balaban J connectivity index is 1.56. The largest absolute Gasteiger partial charge is 0.329 e. The van der Waals surface area contributed by atoms with E-state index in [1.54, 1.807) is 12.1 Å². The van der Waals surface area contributed by atoms with Gasteiger partial charge >= 0.3 is 6.03 Å². The Kier molecular flexibility index (Phi) is 6.36. The Hall–Kier alpha value is -4.13. The number of anilines is 1. The number of carbonyl (C=O) groups excluding carboxylic acids is 3. The topological polar surface area (TPSA) is 83.4 Å². The average Bonchev–Trinajstić information content (AvgIpc) is 3.24. The molecule has 0 saturated carbocycles. The molecule has 7 nitrogen and oxygen atoms in total. The SMILES string of the molecule is CCc1ccccc1-n1c(C)cc(/C=C2\NC(=O)N(CC(=O)Nc3ccccc3C)C2=O)c1C. The van der Waals surface area contributed by atoms with Gasteiger partial charge in [0.1, 0.15) is 12.2 Å². The fraction of sp³-hybridized carbons (Fsp3) is 0.222. The van der Waals surface area contributed by atoms with E-state index in [9.17, 15) is 14.4 Å². The molecule has 34 heavy (non-hydrogen) atoms. The molecule has 7 heteroatoms. The second kappa shape index (κ2) is 9.39. The van der Waals surface area contributed by atoms with E-state index in [4.69, 9.17) is 0 Å². The molecule has 1 fully saturated rings. The van der Waals surface area contributed by atoms with Gasteiger partial charge in [-0.15, -0.1) is 0 Å². The third kappa shape index (κ3) is 4.37. The van der Waals surface area contributed by atoms with Crippen LogP contribution in [0.4, 0.5) is 10.5 Å². The molecule has 4 amide bonds. The van der Waals surface area contributed by atoms with Gasteiger partial charge < -0.3 is 15.2 Å². The standard InChI is InChI=1S/C27H28N4O3/c1-5-20-11-7-9-13-24(20)31-18(3)14-21(19(31)4)15-23-26(33)30(27(34)29-23)16-25(32)28-22-12-8-6-10-17(22)2/h6-15H,5,16H2,1-4H3,(H,28,32)(H,29,34)/b23-15-. The smallest absolute Gasteiger partial charge is 0.324 e. The minimum atomic E-state index is -0.610. The first kappa shape index (κ1) is 23.0. The number of rotatable bonds is 6. The number of hydrogen-bond donors (Lipinski definition) is 2. The summed E-state index contributed by atoms with van der Waals surface area (Å²) in [6.45, 7) is 7.63. The van der Waals surface area contributed by atoms with E-state index in [1.165, 1.54) is 5.56 Å². The molecular weight excluding hydrogens is 428 g/mol. The minimum absolute atomic E-state index is 0.151. The lowest BCUT2D eigenvalue weighted by Crippen LogP contribution is -2.38. The zero-order chi connectivity index (χ0) is 24.4. The van der Waals surface area contributed by atoms with Crippen molar-refractivity contribution in [2.24, 2.45) is 0 Å². The highest BCUT2D eigenvalue weighted by molar-refractivity contribution is 6.16. The number of amides is 4. The van der Waals surface area contributed by atoms with Crippen LogP contribution in [0.3, 0.4) is 0 Å². The van der Waals surface area contributed by atoms with Crippen LogP contribution in [-0.4, -0.2) is 33.9 Å². The maximum atomic E-state index is 12.9. The maximum Gasteiger partial charge on any atom is 0.329 e. The Morgan fingerprint density at radius 2 is 1.74 bits per heavy atom. The summed E-state index contributed by atoms with van der Waals surface area (Å²) in [5, 5.41) is 5.37. The van der Waals surface area contributed by atoms with Crippen molar-refractivity contribution < 1.29 is 14.4 Å². The number of nitrogens with zero attached hydrogens (tertiary/aromatic N) is 2. The van der Waals surface area contributed by atoms with E-state index in [0.717, 1.165) is 39.5 Å². The van der Waals surface area contributed by atoms with Crippen molar-refractivity contribution >= 4 is 29.6 Å². The summed E-state index contributed by atoms with van der Waals surface area (Å²) in [5.41, 5.74) is 6.83. The number of aromatic nitrogens is 1. The van der Waals surface area contributed by atoms with E-state index >= 15 is 0 Å². The molecule has 1 aliphatic rings. The third-order valence-electron chi connectivity index (χ3n) is 6.07. The molecule has 1 aliphatic heterocycles. The Morgan fingerprint density at radius 3 is 2.47 bits per heavy atom. The number of aryl methyl sites for hydroxylation is 3. The lowest BCUT2D eigenvalue weighted by atomic mass is 10.1. The number of para-hydroxylation sites is 2. The quantitative estimate of drug-likeness (QED) is 0.423. The van der Waals surface area contributed by atoms with E-state index in [1.807, 2.05) is 57.2 Å². The first-order valence-electron chi connectivity index (χ1n) is 11.3. The third-order valence-corrected chi connectivity index (χ3v) is 6.07. The zero-order valence-corrected chi connectivity index (χ0v) is 19.8. The van der Waals surface area contributed by atoms with Crippen LogP contribution in [0.1, 0.15) is 35.0 Å². The lowest BCUT2D eigenvalue weighted by Gasteiger charge is -2.14. The first-order valence-corrected chi connectivity index (χ1v) is 11.3. The van der Waals surface area contributed by atoms with Gasteiger partial charge in [0.15, 0.2) is 0 Å². The Labute approximate surface area is 199 Å². The van der Waals surface area contributed by atoms with Crippen molar-refractivity contribution in [2.45, 2.75) is 34.1 Å². The molecule has 2 heterocycles. The van der Waals surface area contributed by atoms with Crippen LogP contribution in [0.5, 0.6) is 0 Å². The van der Waals surface area contributed by atoms with Gasteiger partial charge in [0, 0.05) is 22.8 Å². The van der Waals surface area contributed by atoms with Gasteiger partial charge in [-0.05, 0) is 68.2 Å². The molecule has 0 bridgehead atoms. The predicted molar refractivity (Wildman–Crippen MR) is 133 cm³/mol. The highest BCUT2D eigenvalue weighted by Crippen LogP contribution is 2.26. The highest BCUT2D eigenvalue weighted by atomic mass is 16.2. The van der Waals surface area contributed by atoms with Crippen LogP contribution < -0.4 is 10.6 Å². The molecule has 1 aromatic heterocycles. The van der Waals surface area contributed by atoms with Gasteiger partial charge in [0.05, 0.1) is 0 Å². The van der Waals surface area contributed by atoms with Crippen molar-refractivity contribution in [1.29, 1.82) is 0 Å².